The van der Waals surface area contributed by atoms with Crippen LogP contribution in [-0.4, -0.2) is 18.7 Å². The lowest BCUT2D eigenvalue weighted by Gasteiger charge is -2.30. The second-order valence-corrected chi connectivity index (χ2v) is 7.16. The monoisotopic (exact) mass is 385 g/mol. The Labute approximate surface area is 162 Å². The second-order valence-electron chi connectivity index (χ2n) is 6.75. The lowest BCUT2D eigenvalue weighted by molar-refractivity contribution is 0.0883. The third kappa shape index (κ3) is 3.07. The minimum atomic E-state index is -0.327. The number of ether oxygens (including phenoxy) is 2. The number of benzene rings is 2. The fourth-order valence-corrected chi connectivity index (χ4v) is 3.77. The molecule has 0 fully saturated rings. The van der Waals surface area contributed by atoms with Gasteiger partial charge in [0.2, 0.25) is 0 Å². The Hall–Kier alpha value is -2.50. The van der Waals surface area contributed by atoms with Crippen LogP contribution in [0.4, 0.5) is 0 Å². The zero-order valence-corrected chi connectivity index (χ0v) is 16.2. The summed E-state index contributed by atoms with van der Waals surface area (Å²) >= 11 is 6.46. The van der Waals surface area contributed by atoms with Crippen molar-refractivity contribution < 1.29 is 13.9 Å². The Morgan fingerprint density at radius 2 is 2.00 bits per heavy atom. The van der Waals surface area contributed by atoms with Gasteiger partial charge in [0.15, 0.2) is 0 Å². The molecule has 0 N–H and O–H groups in total. The summed E-state index contributed by atoms with van der Waals surface area (Å²) in [4.78, 5) is 14.3. The Morgan fingerprint density at radius 1 is 1.22 bits per heavy atom. The first-order valence-corrected chi connectivity index (χ1v) is 9.09. The van der Waals surface area contributed by atoms with E-state index >= 15 is 0 Å². The topological polar surface area (TPSA) is 51.9 Å². The van der Waals surface area contributed by atoms with Crippen LogP contribution in [0.25, 0.3) is 11.0 Å². The molecule has 5 nitrogen and oxygen atoms in total. The molecule has 27 heavy (non-hydrogen) atoms. The standard InChI is InChI=1S/C21H20ClNO4/c1-12-13(2)21(24)27-19-15(12)8-17(22)20-16(19)10-23(11-26-20)9-14-6-4-5-7-18(14)25-3/h4-8H,9-11H2,1-3H3. The van der Waals surface area contributed by atoms with E-state index in [4.69, 9.17) is 25.5 Å². The molecule has 140 valence electrons. The number of para-hydroxylation sites is 1. The average molecular weight is 386 g/mol. The molecule has 2 heterocycles. The maximum Gasteiger partial charge on any atom is 0.339 e. The van der Waals surface area contributed by atoms with Crippen LogP contribution in [0.1, 0.15) is 22.3 Å². The van der Waals surface area contributed by atoms with Crippen molar-refractivity contribution in [3.63, 3.8) is 0 Å². The fraction of sp³-hybridized carbons (Fsp3) is 0.286. The summed E-state index contributed by atoms with van der Waals surface area (Å²) in [6, 6.07) is 9.70. The van der Waals surface area contributed by atoms with Gasteiger partial charge in [0, 0.05) is 29.6 Å². The lowest BCUT2D eigenvalue weighted by atomic mass is 10.0. The van der Waals surface area contributed by atoms with Crippen LogP contribution in [0.15, 0.2) is 39.5 Å². The number of nitrogens with zero attached hydrogens (tertiary/aromatic N) is 1. The molecular weight excluding hydrogens is 366 g/mol. The number of aryl methyl sites for hydroxylation is 1. The predicted octanol–water partition coefficient (Wildman–Crippen LogP) is 4.42. The molecule has 1 aliphatic heterocycles. The predicted molar refractivity (Wildman–Crippen MR) is 105 cm³/mol. The highest BCUT2D eigenvalue weighted by Crippen LogP contribution is 2.40. The molecule has 0 spiro atoms. The van der Waals surface area contributed by atoms with Crippen molar-refractivity contribution in [2.45, 2.75) is 26.9 Å². The lowest BCUT2D eigenvalue weighted by Crippen LogP contribution is -2.32. The summed E-state index contributed by atoms with van der Waals surface area (Å²) < 4.78 is 17.0. The number of hydrogen-bond acceptors (Lipinski definition) is 5. The van der Waals surface area contributed by atoms with Gasteiger partial charge in [-0.1, -0.05) is 29.8 Å². The zero-order chi connectivity index (χ0) is 19.1. The Bertz CT molecular complexity index is 1090. The van der Waals surface area contributed by atoms with Crippen LogP contribution in [0.2, 0.25) is 5.02 Å². The molecule has 0 saturated heterocycles. The summed E-state index contributed by atoms with van der Waals surface area (Å²) in [6.45, 7) is 5.28. The molecule has 0 saturated carbocycles. The van der Waals surface area contributed by atoms with E-state index < -0.39 is 0 Å². The van der Waals surface area contributed by atoms with Crippen molar-refractivity contribution in [3.05, 3.63) is 68.0 Å². The van der Waals surface area contributed by atoms with Crippen LogP contribution in [0, 0.1) is 13.8 Å². The van der Waals surface area contributed by atoms with E-state index in [1.54, 1.807) is 14.0 Å². The van der Waals surface area contributed by atoms with Gasteiger partial charge in [-0.3, -0.25) is 4.90 Å². The molecule has 6 heteroatoms. The van der Waals surface area contributed by atoms with Crippen LogP contribution in [0.5, 0.6) is 11.5 Å². The van der Waals surface area contributed by atoms with Crippen molar-refractivity contribution in [2.24, 2.45) is 0 Å². The number of methoxy groups -OCH3 is 1. The third-order valence-corrected chi connectivity index (χ3v) is 5.39. The maximum atomic E-state index is 12.2. The Balaban J connectivity index is 1.77. The van der Waals surface area contributed by atoms with Gasteiger partial charge in [-0.05, 0) is 31.5 Å². The van der Waals surface area contributed by atoms with Gasteiger partial charge in [-0.2, -0.15) is 0 Å². The Morgan fingerprint density at radius 3 is 2.78 bits per heavy atom. The van der Waals surface area contributed by atoms with Gasteiger partial charge in [-0.15, -0.1) is 0 Å². The van der Waals surface area contributed by atoms with E-state index in [9.17, 15) is 4.79 Å². The highest BCUT2D eigenvalue weighted by Gasteiger charge is 2.26. The molecular formula is C21H20ClNO4. The van der Waals surface area contributed by atoms with Gasteiger partial charge in [0.25, 0.3) is 0 Å². The number of rotatable bonds is 3. The average Bonchev–Trinajstić information content (AvgIpc) is 2.68. The van der Waals surface area contributed by atoms with Crippen LogP contribution in [0.3, 0.4) is 0 Å². The molecule has 1 aliphatic rings. The SMILES string of the molecule is COc1ccccc1CN1COc2c(Cl)cc3c(C)c(C)c(=O)oc3c2C1. The zero-order valence-electron chi connectivity index (χ0n) is 15.5. The first-order chi connectivity index (χ1) is 13.0. The van der Waals surface area contributed by atoms with E-state index in [0.717, 1.165) is 27.8 Å². The fourth-order valence-electron chi connectivity index (χ4n) is 3.49. The highest BCUT2D eigenvalue weighted by molar-refractivity contribution is 6.33. The molecule has 2 aromatic carbocycles. The van der Waals surface area contributed by atoms with Gasteiger partial charge in [-0.25, -0.2) is 4.79 Å². The molecule has 4 rings (SSSR count). The summed E-state index contributed by atoms with van der Waals surface area (Å²) in [5.41, 5.74) is 3.57. The Kier molecular flexibility index (Phi) is 4.58. The van der Waals surface area contributed by atoms with Gasteiger partial charge in [0.1, 0.15) is 23.8 Å². The van der Waals surface area contributed by atoms with Crippen molar-refractivity contribution in [3.8, 4) is 11.5 Å². The van der Waals surface area contributed by atoms with Crippen molar-refractivity contribution >= 4 is 22.6 Å². The van der Waals surface area contributed by atoms with E-state index in [0.29, 0.717) is 41.7 Å². The molecule has 0 aliphatic carbocycles. The molecule has 0 unspecified atom stereocenters. The highest BCUT2D eigenvalue weighted by atomic mass is 35.5. The molecule has 1 aromatic heterocycles. The largest absolute Gasteiger partial charge is 0.496 e. The summed E-state index contributed by atoms with van der Waals surface area (Å²) in [5, 5.41) is 1.38. The van der Waals surface area contributed by atoms with Gasteiger partial charge >= 0.3 is 5.63 Å². The van der Waals surface area contributed by atoms with Crippen LogP contribution < -0.4 is 15.1 Å². The first kappa shape index (κ1) is 17.9. The third-order valence-electron chi connectivity index (χ3n) is 5.11. The van der Waals surface area contributed by atoms with Crippen molar-refractivity contribution in [1.82, 2.24) is 4.90 Å². The van der Waals surface area contributed by atoms with E-state index in [-0.39, 0.29) is 5.63 Å². The van der Waals surface area contributed by atoms with Crippen molar-refractivity contribution in [1.29, 1.82) is 0 Å². The summed E-state index contributed by atoms with van der Waals surface area (Å²) in [7, 11) is 1.66. The van der Waals surface area contributed by atoms with E-state index in [2.05, 4.69) is 4.90 Å². The second kappa shape index (κ2) is 6.91. The molecule has 0 atom stereocenters. The molecule has 0 bridgehead atoms. The van der Waals surface area contributed by atoms with Gasteiger partial charge < -0.3 is 13.9 Å². The maximum absolute atomic E-state index is 12.2. The first-order valence-electron chi connectivity index (χ1n) is 8.72. The molecule has 3 aromatic rings. The minimum Gasteiger partial charge on any atom is -0.496 e. The minimum absolute atomic E-state index is 0.327. The van der Waals surface area contributed by atoms with Crippen LogP contribution >= 0.6 is 11.6 Å². The van der Waals surface area contributed by atoms with E-state index in [1.807, 2.05) is 37.3 Å². The number of fused-ring (bicyclic) bond motifs is 3. The number of hydrogen-bond donors (Lipinski definition) is 0. The smallest absolute Gasteiger partial charge is 0.339 e. The summed E-state index contributed by atoms with van der Waals surface area (Å²) in [5.74, 6) is 1.42. The van der Waals surface area contributed by atoms with Gasteiger partial charge in [0.05, 0.1) is 17.7 Å². The summed E-state index contributed by atoms with van der Waals surface area (Å²) in [6.07, 6.45) is 0. The quantitative estimate of drug-likeness (QED) is 0.624. The van der Waals surface area contributed by atoms with E-state index in [1.165, 1.54) is 0 Å². The molecule has 0 amide bonds. The normalized spacial score (nSPS) is 14.1. The van der Waals surface area contributed by atoms with Crippen LogP contribution in [-0.2, 0) is 13.1 Å². The van der Waals surface area contributed by atoms with Crippen molar-refractivity contribution in [2.75, 3.05) is 13.8 Å². The number of halogens is 1. The molecule has 0 radical (unpaired) electrons.